The fraction of sp³-hybridized carbons (Fsp3) is 0.333. The largest absolute Gasteiger partial charge is 0.488 e. The molecule has 148 valence electrons. The number of halogens is 1. The maximum absolute atomic E-state index is 13.6. The number of ether oxygens (including phenoxy) is 2. The van der Waals surface area contributed by atoms with Crippen LogP contribution in [0.5, 0.6) is 5.75 Å². The van der Waals surface area contributed by atoms with E-state index in [-0.39, 0.29) is 24.1 Å². The van der Waals surface area contributed by atoms with Gasteiger partial charge in [0, 0.05) is 25.6 Å². The molecule has 1 saturated heterocycles. The molecule has 2 aromatic carbocycles. The number of carbonyl (C=O) groups is 2. The predicted molar refractivity (Wildman–Crippen MR) is 102 cm³/mol. The molecule has 1 aliphatic rings. The Morgan fingerprint density at radius 2 is 1.96 bits per heavy atom. The molecular weight excluding hydrogens is 363 g/mol. The lowest BCUT2D eigenvalue weighted by atomic mass is 10.1. The molecule has 0 aliphatic carbocycles. The lowest BCUT2D eigenvalue weighted by Crippen LogP contribution is -2.46. The second-order valence-corrected chi connectivity index (χ2v) is 6.56. The molecule has 6 nitrogen and oxygen atoms in total. The predicted octanol–water partition coefficient (Wildman–Crippen LogP) is 2.25. The lowest BCUT2D eigenvalue weighted by molar-refractivity contribution is -0.125. The summed E-state index contributed by atoms with van der Waals surface area (Å²) in [5, 5.41) is 2.77. The molecule has 2 amide bonds. The molecular formula is C21H23FN2O4. The van der Waals surface area contributed by atoms with E-state index >= 15 is 0 Å². The van der Waals surface area contributed by atoms with E-state index in [1.54, 1.807) is 7.11 Å². The quantitative estimate of drug-likeness (QED) is 0.741. The molecule has 1 N–H and O–H groups in total. The van der Waals surface area contributed by atoms with Crippen LogP contribution in [0.15, 0.2) is 54.6 Å². The van der Waals surface area contributed by atoms with E-state index in [0.717, 1.165) is 0 Å². The van der Waals surface area contributed by atoms with Gasteiger partial charge in [-0.1, -0.05) is 24.3 Å². The highest BCUT2D eigenvalue weighted by atomic mass is 19.1. The molecule has 0 bridgehead atoms. The van der Waals surface area contributed by atoms with Crippen molar-refractivity contribution in [3.8, 4) is 5.75 Å². The maximum Gasteiger partial charge on any atom is 0.254 e. The molecule has 0 radical (unpaired) electrons. The second-order valence-electron chi connectivity index (χ2n) is 6.56. The number of likely N-dealkylation sites (tertiary alicyclic amines) is 1. The van der Waals surface area contributed by atoms with Gasteiger partial charge >= 0.3 is 0 Å². The summed E-state index contributed by atoms with van der Waals surface area (Å²) < 4.78 is 24.5. The van der Waals surface area contributed by atoms with Crippen LogP contribution in [0.3, 0.4) is 0 Å². The fourth-order valence-corrected chi connectivity index (χ4v) is 3.23. The lowest BCUT2D eigenvalue weighted by Gasteiger charge is -2.23. The highest BCUT2D eigenvalue weighted by Crippen LogP contribution is 2.25. The van der Waals surface area contributed by atoms with E-state index < -0.39 is 17.8 Å². The summed E-state index contributed by atoms with van der Waals surface area (Å²) in [6.45, 7) is 0.963. The number of rotatable bonds is 7. The van der Waals surface area contributed by atoms with Crippen molar-refractivity contribution in [1.82, 2.24) is 10.2 Å². The van der Waals surface area contributed by atoms with Crippen molar-refractivity contribution in [3.05, 3.63) is 66.0 Å². The average Bonchev–Trinajstić information content (AvgIpc) is 3.12. The summed E-state index contributed by atoms with van der Waals surface area (Å²) in [5.74, 6) is -0.499. The number of methoxy groups -OCH3 is 1. The molecule has 2 aromatic rings. The van der Waals surface area contributed by atoms with Crippen LogP contribution in [0, 0.1) is 5.82 Å². The minimum absolute atomic E-state index is 0.204. The van der Waals surface area contributed by atoms with E-state index in [1.807, 2.05) is 30.3 Å². The van der Waals surface area contributed by atoms with Crippen molar-refractivity contribution in [2.24, 2.45) is 0 Å². The average molecular weight is 386 g/mol. The number of para-hydroxylation sites is 1. The molecule has 0 aromatic heterocycles. The number of carbonyl (C=O) groups excluding carboxylic acids is 2. The van der Waals surface area contributed by atoms with Gasteiger partial charge in [0.25, 0.3) is 5.91 Å². The summed E-state index contributed by atoms with van der Waals surface area (Å²) in [4.78, 5) is 27.0. The Labute approximate surface area is 163 Å². The summed E-state index contributed by atoms with van der Waals surface area (Å²) >= 11 is 0. The second kappa shape index (κ2) is 9.32. The summed E-state index contributed by atoms with van der Waals surface area (Å²) in [6.07, 6.45) is 0.0208. The van der Waals surface area contributed by atoms with Gasteiger partial charge in [0.05, 0.1) is 13.2 Å². The molecule has 7 heteroatoms. The standard InChI is InChI=1S/C21H23FN2O4/c1-27-11-10-23-20(25)19-13-18(28-17-8-3-2-4-9-17)14-24(19)21(26)15-6-5-7-16(22)12-15/h2-9,12,18-19H,10-11,13-14H2,1H3,(H,23,25)/t18-,19+/m0/s1. The highest BCUT2D eigenvalue weighted by Gasteiger charge is 2.41. The summed E-state index contributed by atoms with van der Waals surface area (Å²) in [5.41, 5.74) is 0.204. The number of nitrogens with zero attached hydrogens (tertiary/aromatic N) is 1. The highest BCUT2D eigenvalue weighted by molar-refractivity contribution is 5.98. The van der Waals surface area contributed by atoms with Crippen molar-refractivity contribution in [2.45, 2.75) is 18.6 Å². The van der Waals surface area contributed by atoms with E-state index in [2.05, 4.69) is 5.32 Å². The Balaban J connectivity index is 1.76. The Morgan fingerprint density at radius 3 is 2.68 bits per heavy atom. The van der Waals surface area contributed by atoms with Gasteiger partial charge in [-0.25, -0.2) is 4.39 Å². The Morgan fingerprint density at radius 1 is 1.18 bits per heavy atom. The van der Waals surface area contributed by atoms with Crippen LogP contribution in [0.1, 0.15) is 16.8 Å². The van der Waals surface area contributed by atoms with E-state index in [0.29, 0.717) is 25.3 Å². The first-order valence-corrected chi connectivity index (χ1v) is 9.13. The number of hydrogen-bond donors (Lipinski definition) is 1. The molecule has 28 heavy (non-hydrogen) atoms. The monoisotopic (exact) mass is 386 g/mol. The van der Waals surface area contributed by atoms with Gasteiger partial charge in [-0.2, -0.15) is 0 Å². The Kier molecular flexibility index (Phi) is 6.60. The van der Waals surface area contributed by atoms with Crippen LogP contribution in [0.2, 0.25) is 0 Å². The maximum atomic E-state index is 13.6. The molecule has 1 fully saturated rings. The normalized spacial score (nSPS) is 18.7. The molecule has 0 saturated carbocycles. The molecule has 1 heterocycles. The van der Waals surface area contributed by atoms with Crippen molar-refractivity contribution in [2.75, 3.05) is 26.8 Å². The first kappa shape index (κ1) is 19.8. The van der Waals surface area contributed by atoms with E-state index in [4.69, 9.17) is 9.47 Å². The van der Waals surface area contributed by atoms with Gasteiger partial charge in [0.1, 0.15) is 23.7 Å². The first-order chi connectivity index (χ1) is 13.6. The van der Waals surface area contributed by atoms with Crippen molar-refractivity contribution >= 4 is 11.8 Å². The van der Waals surface area contributed by atoms with Crippen molar-refractivity contribution in [1.29, 1.82) is 0 Å². The topological polar surface area (TPSA) is 67.9 Å². The third kappa shape index (κ3) is 4.86. The van der Waals surface area contributed by atoms with Crippen LogP contribution in [0.4, 0.5) is 4.39 Å². The van der Waals surface area contributed by atoms with Gasteiger partial charge < -0.3 is 19.7 Å². The van der Waals surface area contributed by atoms with Gasteiger partial charge in [0.15, 0.2) is 0 Å². The zero-order valence-electron chi connectivity index (χ0n) is 15.6. The fourth-order valence-electron chi connectivity index (χ4n) is 3.23. The SMILES string of the molecule is COCCNC(=O)[C@H]1C[C@H](Oc2ccccc2)CN1C(=O)c1cccc(F)c1. The van der Waals surface area contributed by atoms with E-state index in [1.165, 1.54) is 29.2 Å². The first-order valence-electron chi connectivity index (χ1n) is 9.13. The zero-order chi connectivity index (χ0) is 19.9. The zero-order valence-corrected chi connectivity index (χ0v) is 15.6. The Hall–Kier alpha value is -2.93. The molecule has 3 rings (SSSR count). The van der Waals surface area contributed by atoms with E-state index in [9.17, 15) is 14.0 Å². The van der Waals surface area contributed by atoms with Crippen LogP contribution in [0.25, 0.3) is 0 Å². The summed E-state index contributed by atoms with van der Waals surface area (Å²) in [6, 6.07) is 14.0. The number of nitrogens with one attached hydrogen (secondary N) is 1. The number of hydrogen-bond acceptors (Lipinski definition) is 4. The minimum atomic E-state index is -0.693. The van der Waals surface area contributed by atoms with Crippen LogP contribution in [-0.2, 0) is 9.53 Å². The van der Waals surface area contributed by atoms with Crippen LogP contribution in [-0.4, -0.2) is 55.7 Å². The summed E-state index contributed by atoms with van der Waals surface area (Å²) in [7, 11) is 1.55. The van der Waals surface area contributed by atoms with Crippen LogP contribution < -0.4 is 10.1 Å². The van der Waals surface area contributed by atoms with Crippen LogP contribution >= 0.6 is 0 Å². The minimum Gasteiger partial charge on any atom is -0.488 e. The Bertz CT molecular complexity index is 815. The molecule has 0 unspecified atom stereocenters. The van der Waals surface area contributed by atoms with Gasteiger partial charge in [-0.15, -0.1) is 0 Å². The van der Waals surface area contributed by atoms with Gasteiger partial charge in [0.2, 0.25) is 5.91 Å². The smallest absolute Gasteiger partial charge is 0.254 e. The molecule has 1 aliphatic heterocycles. The number of amides is 2. The van der Waals surface area contributed by atoms with Gasteiger partial charge in [-0.3, -0.25) is 9.59 Å². The van der Waals surface area contributed by atoms with Crippen molar-refractivity contribution in [3.63, 3.8) is 0 Å². The molecule has 2 atom stereocenters. The number of benzene rings is 2. The third-order valence-corrected chi connectivity index (χ3v) is 4.55. The third-order valence-electron chi connectivity index (χ3n) is 4.55. The van der Waals surface area contributed by atoms with Gasteiger partial charge in [-0.05, 0) is 30.3 Å². The van der Waals surface area contributed by atoms with Crippen molar-refractivity contribution < 1.29 is 23.5 Å². The molecule has 0 spiro atoms.